The van der Waals surface area contributed by atoms with Crippen molar-refractivity contribution in [3.05, 3.63) is 22.7 Å². The smallest absolute Gasteiger partial charge is 0.251 e. The van der Waals surface area contributed by atoms with E-state index in [-0.39, 0.29) is 24.7 Å². The molecule has 0 radical (unpaired) electrons. The Kier molecular flexibility index (Phi) is 3.95. The van der Waals surface area contributed by atoms with Gasteiger partial charge in [0.25, 0.3) is 5.91 Å². The van der Waals surface area contributed by atoms with Gasteiger partial charge in [0.2, 0.25) is 6.79 Å². The van der Waals surface area contributed by atoms with Crippen LogP contribution in [-0.4, -0.2) is 31.0 Å². The van der Waals surface area contributed by atoms with Crippen LogP contribution in [0.5, 0.6) is 11.5 Å². The van der Waals surface area contributed by atoms with E-state index < -0.39 is 0 Å². The molecule has 0 aromatic heterocycles. The number of hydrogen-bond acceptors (Lipinski definition) is 4. The number of carbonyl (C=O) groups excluding carboxylic acids is 1. The number of aliphatic hydroxyl groups excluding tert-OH is 1. The maximum Gasteiger partial charge on any atom is 0.251 e. The fourth-order valence-electron chi connectivity index (χ4n) is 2.98. The van der Waals surface area contributed by atoms with Crippen molar-refractivity contribution in [2.45, 2.75) is 25.7 Å². The molecule has 1 aliphatic heterocycles. The fourth-order valence-corrected chi connectivity index (χ4v) is 3.25. The Balaban J connectivity index is 1.70. The van der Waals surface area contributed by atoms with Gasteiger partial charge in [-0.3, -0.25) is 4.79 Å². The minimum atomic E-state index is -0.213. The molecule has 0 atom stereocenters. The average molecular weight is 312 g/mol. The number of ether oxygens (including phenoxy) is 2. The van der Waals surface area contributed by atoms with Gasteiger partial charge in [-0.2, -0.15) is 0 Å². The number of rotatable bonds is 4. The lowest BCUT2D eigenvalue weighted by Gasteiger charge is -2.26. The van der Waals surface area contributed by atoms with Crippen molar-refractivity contribution in [2.24, 2.45) is 5.41 Å². The molecular formula is C15H18ClNO4. The first-order valence-electron chi connectivity index (χ1n) is 7.12. The van der Waals surface area contributed by atoms with Gasteiger partial charge in [-0.25, -0.2) is 0 Å². The molecule has 2 N–H and O–H groups in total. The molecule has 1 aromatic rings. The first kappa shape index (κ1) is 14.5. The van der Waals surface area contributed by atoms with Crippen molar-refractivity contribution in [1.82, 2.24) is 5.32 Å². The predicted molar refractivity (Wildman–Crippen MR) is 77.9 cm³/mol. The SMILES string of the molecule is O=C(NCC1(CO)CCCC1)c1cc(Cl)c2c(c1)OCO2. The minimum Gasteiger partial charge on any atom is -0.454 e. The van der Waals surface area contributed by atoms with Crippen LogP contribution in [-0.2, 0) is 0 Å². The van der Waals surface area contributed by atoms with Gasteiger partial charge >= 0.3 is 0 Å². The predicted octanol–water partition coefficient (Wildman–Crippen LogP) is 2.35. The van der Waals surface area contributed by atoms with Crippen molar-refractivity contribution in [3.8, 4) is 11.5 Å². The van der Waals surface area contributed by atoms with E-state index in [4.69, 9.17) is 21.1 Å². The maximum absolute atomic E-state index is 12.3. The molecule has 1 saturated carbocycles. The first-order chi connectivity index (χ1) is 10.1. The van der Waals surface area contributed by atoms with Crippen LogP contribution >= 0.6 is 11.6 Å². The summed E-state index contributed by atoms with van der Waals surface area (Å²) in [6, 6.07) is 3.20. The Morgan fingerprint density at radius 1 is 1.33 bits per heavy atom. The number of aliphatic hydroxyl groups is 1. The number of carbonyl (C=O) groups is 1. The summed E-state index contributed by atoms with van der Waals surface area (Å²) < 4.78 is 10.5. The Morgan fingerprint density at radius 3 is 2.81 bits per heavy atom. The summed E-state index contributed by atoms with van der Waals surface area (Å²) in [5, 5.41) is 12.8. The first-order valence-corrected chi connectivity index (χ1v) is 7.50. The van der Waals surface area contributed by atoms with Crippen molar-refractivity contribution < 1.29 is 19.4 Å². The molecule has 0 saturated heterocycles. The topological polar surface area (TPSA) is 67.8 Å². The average Bonchev–Trinajstić information content (AvgIpc) is 3.14. The van der Waals surface area contributed by atoms with Gasteiger partial charge in [-0.1, -0.05) is 24.4 Å². The monoisotopic (exact) mass is 311 g/mol. The summed E-state index contributed by atoms with van der Waals surface area (Å²) in [6.07, 6.45) is 4.11. The van der Waals surface area contributed by atoms with E-state index in [2.05, 4.69) is 5.32 Å². The van der Waals surface area contributed by atoms with E-state index in [1.807, 2.05) is 0 Å². The van der Waals surface area contributed by atoms with Crippen LogP contribution in [0.2, 0.25) is 5.02 Å². The highest BCUT2D eigenvalue weighted by atomic mass is 35.5. The van der Waals surface area contributed by atoms with Gasteiger partial charge < -0.3 is 19.9 Å². The molecule has 5 nitrogen and oxygen atoms in total. The number of nitrogens with one attached hydrogen (secondary N) is 1. The summed E-state index contributed by atoms with van der Waals surface area (Å²) in [4.78, 5) is 12.3. The van der Waals surface area contributed by atoms with Gasteiger partial charge in [0.1, 0.15) is 0 Å². The molecule has 1 aromatic carbocycles. The molecular weight excluding hydrogens is 294 g/mol. The summed E-state index contributed by atoms with van der Waals surface area (Å²) in [6.45, 7) is 0.706. The van der Waals surface area contributed by atoms with Gasteiger partial charge in [0, 0.05) is 17.5 Å². The third kappa shape index (κ3) is 2.80. The molecule has 0 unspecified atom stereocenters. The third-order valence-corrected chi connectivity index (χ3v) is 4.59. The van der Waals surface area contributed by atoms with Gasteiger partial charge in [-0.05, 0) is 25.0 Å². The quantitative estimate of drug-likeness (QED) is 0.895. The summed E-state index contributed by atoms with van der Waals surface area (Å²) in [5.74, 6) is 0.760. The summed E-state index contributed by atoms with van der Waals surface area (Å²) in [7, 11) is 0. The van der Waals surface area contributed by atoms with Crippen LogP contribution in [0.25, 0.3) is 0 Å². The number of amides is 1. The van der Waals surface area contributed by atoms with Crippen LogP contribution in [0, 0.1) is 5.41 Å². The van der Waals surface area contributed by atoms with Crippen LogP contribution in [0.1, 0.15) is 36.0 Å². The molecule has 6 heteroatoms. The number of hydrogen-bond donors (Lipinski definition) is 2. The molecule has 1 heterocycles. The van der Waals surface area contributed by atoms with Gasteiger partial charge in [0.05, 0.1) is 11.6 Å². The van der Waals surface area contributed by atoms with E-state index in [1.165, 1.54) is 0 Å². The highest BCUT2D eigenvalue weighted by molar-refractivity contribution is 6.32. The van der Waals surface area contributed by atoms with E-state index in [0.717, 1.165) is 25.7 Å². The standard InChI is InChI=1S/C15H18ClNO4/c16-11-5-10(6-12-13(11)21-9-20-12)14(19)17-7-15(8-18)3-1-2-4-15/h5-6,18H,1-4,7-9H2,(H,17,19). The lowest BCUT2D eigenvalue weighted by Crippen LogP contribution is -2.38. The van der Waals surface area contributed by atoms with E-state index >= 15 is 0 Å². The minimum absolute atomic E-state index is 0.106. The Labute approximate surface area is 128 Å². The van der Waals surface area contributed by atoms with E-state index in [9.17, 15) is 9.90 Å². The molecule has 1 fully saturated rings. The molecule has 1 aliphatic carbocycles. The zero-order valence-corrected chi connectivity index (χ0v) is 12.4. The zero-order valence-electron chi connectivity index (χ0n) is 11.7. The largest absolute Gasteiger partial charge is 0.454 e. The van der Waals surface area contributed by atoms with Crippen LogP contribution in [0.15, 0.2) is 12.1 Å². The molecule has 2 aliphatic rings. The van der Waals surface area contributed by atoms with Crippen molar-refractivity contribution in [2.75, 3.05) is 19.9 Å². The Hall–Kier alpha value is -1.46. The zero-order chi connectivity index (χ0) is 14.9. The molecule has 0 spiro atoms. The van der Waals surface area contributed by atoms with Crippen molar-refractivity contribution >= 4 is 17.5 Å². The van der Waals surface area contributed by atoms with Crippen LogP contribution in [0.3, 0.4) is 0 Å². The van der Waals surface area contributed by atoms with E-state index in [0.29, 0.717) is 28.6 Å². The van der Waals surface area contributed by atoms with Gasteiger partial charge in [-0.15, -0.1) is 0 Å². The Morgan fingerprint density at radius 2 is 2.10 bits per heavy atom. The highest BCUT2D eigenvalue weighted by Gasteiger charge is 2.33. The van der Waals surface area contributed by atoms with Crippen LogP contribution < -0.4 is 14.8 Å². The lowest BCUT2D eigenvalue weighted by atomic mass is 9.87. The second-order valence-corrected chi connectivity index (χ2v) is 6.15. The molecule has 21 heavy (non-hydrogen) atoms. The summed E-state index contributed by atoms with van der Waals surface area (Å²) >= 11 is 6.08. The molecule has 3 rings (SSSR count). The van der Waals surface area contributed by atoms with Crippen LogP contribution in [0.4, 0.5) is 0 Å². The fraction of sp³-hybridized carbons (Fsp3) is 0.533. The number of halogens is 1. The van der Waals surface area contributed by atoms with Crippen molar-refractivity contribution in [1.29, 1.82) is 0 Å². The molecule has 114 valence electrons. The highest BCUT2D eigenvalue weighted by Crippen LogP contribution is 2.40. The van der Waals surface area contributed by atoms with E-state index in [1.54, 1.807) is 12.1 Å². The summed E-state index contributed by atoms with van der Waals surface area (Å²) in [5.41, 5.74) is 0.269. The lowest BCUT2D eigenvalue weighted by molar-refractivity contribution is 0.0880. The molecule has 0 bridgehead atoms. The van der Waals surface area contributed by atoms with Crippen molar-refractivity contribution in [3.63, 3.8) is 0 Å². The second kappa shape index (κ2) is 5.73. The maximum atomic E-state index is 12.3. The number of fused-ring (bicyclic) bond motifs is 1. The Bertz CT molecular complexity index is 555. The number of benzene rings is 1. The van der Waals surface area contributed by atoms with Gasteiger partial charge in [0.15, 0.2) is 11.5 Å². The third-order valence-electron chi connectivity index (χ3n) is 4.31. The molecule has 1 amide bonds. The normalized spacial score (nSPS) is 18.8. The second-order valence-electron chi connectivity index (χ2n) is 5.74.